The lowest BCUT2D eigenvalue weighted by atomic mass is 9.93. The molecule has 3 atom stereocenters. The van der Waals surface area contributed by atoms with Crippen molar-refractivity contribution < 1.29 is 14.6 Å². The van der Waals surface area contributed by atoms with Crippen LogP contribution in [0.3, 0.4) is 0 Å². The van der Waals surface area contributed by atoms with Crippen molar-refractivity contribution in [2.45, 2.75) is 51.4 Å². The average molecular weight is 346 g/mol. The second-order valence-electron chi connectivity index (χ2n) is 7.28. The Morgan fingerprint density at radius 3 is 3.00 bits per heavy atom. The van der Waals surface area contributed by atoms with Crippen molar-refractivity contribution in [2.75, 3.05) is 26.2 Å². The number of nitrogens with zero attached hydrogens (tertiary/aromatic N) is 1. The minimum atomic E-state index is -0.531. The largest absolute Gasteiger partial charge is 0.390 e. The summed E-state index contributed by atoms with van der Waals surface area (Å²) in [5, 5.41) is 13.2. The van der Waals surface area contributed by atoms with Gasteiger partial charge in [0.05, 0.1) is 12.2 Å². The molecule has 1 amide bonds. The summed E-state index contributed by atoms with van der Waals surface area (Å²) in [7, 11) is 0. The van der Waals surface area contributed by atoms with Gasteiger partial charge in [-0.1, -0.05) is 31.2 Å². The Bertz CT molecular complexity index is 578. The molecule has 25 heavy (non-hydrogen) atoms. The van der Waals surface area contributed by atoms with Gasteiger partial charge in [-0.3, -0.25) is 9.69 Å². The Morgan fingerprint density at radius 1 is 1.40 bits per heavy atom. The van der Waals surface area contributed by atoms with Crippen molar-refractivity contribution in [3.8, 4) is 0 Å². The van der Waals surface area contributed by atoms with Gasteiger partial charge in [0.1, 0.15) is 0 Å². The van der Waals surface area contributed by atoms with Crippen LogP contribution in [0.2, 0.25) is 0 Å². The fraction of sp³-hybridized carbons (Fsp3) is 0.650. The number of ether oxygens (including phenoxy) is 1. The molecule has 0 unspecified atom stereocenters. The van der Waals surface area contributed by atoms with Crippen molar-refractivity contribution in [1.29, 1.82) is 0 Å². The summed E-state index contributed by atoms with van der Waals surface area (Å²) in [6.45, 7) is 5.50. The Hall–Kier alpha value is -1.43. The van der Waals surface area contributed by atoms with Gasteiger partial charge in [-0.15, -0.1) is 0 Å². The Morgan fingerprint density at radius 2 is 2.20 bits per heavy atom. The molecule has 0 radical (unpaired) electrons. The Kier molecular flexibility index (Phi) is 6.45. The normalized spacial score (nSPS) is 25.2. The molecule has 0 aliphatic carbocycles. The quantitative estimate of drug-likeness (QED) is 0.823. The molecule has 2 aliphatic heterocycles. The standard InChI is InChI=1S/C20H30N2O3/c1-2-19-11-16(8-10-25-19)20(24)21-12-18(23)14-22-9-7-15-5-3-4-6-17(15)13-22/h3-6,16,18-19,23H,2,7-14H2,1H3,(H,21,24)/t16-,18+,19-/m1/s1. The lowest BCUT2D eigenvalue weighted by molar-refractivity contribution is -0.130. The number of hydrogen-bond donors (Lipinski definition) is 2. The maximum atomic E-state index is 12.3. The molecule has 0 bridgehead atoms. The summed E-state index contributed by atoms with van der Waals surface area (Å²) < 4.78 is 5.63. The molecule has 1 fully saturated rings. The van der Waals surface area contributed by atoms with Crippen LogP contribution in [0.25, 0.3) is 0 Å². The van der Waals surface area contributed by atoms with E-state index in [1.807, 2.05) is 0 Å². The lowest BCUT2D eigenvalue weighted by Gasteiger charge is -2.31. The smallest absolute Gasteiger partial charge is 0.223 e. The van der Waals surface area contributed by atoms with E-state index in [-0.39, 0.29) is 17.9 Å². The van der Waals surface area contributed by atoms with Crippen molar-refractivity contribution in [2.24, 2.45) is 5.92 Å². The van der Waals surface area contributed by atoms with E-state index in [4.69, 9.17) is 4.74 Å². The summed E-state index contributed by atoms with van der Waals surface area (Å²) in [6.07, 6.45) is 3.21. The number of β-amino-alcohol motifs (C(OH)–C–C–N with tert-alkyl or cyclic N) is 1. The van der Waals surface area contributed by atoms with Crippen LogP contribution in [0.1, 0.15) is 37.3 Å². The van der Waals surface area contributed by atoms with Crippen molar-refractivity contribution in [1.82, 2.24) is 10.2 Å². The van der Waals surface area contributed by atoms with E-state index < -0.39 is 6.10 Å². The zero-order chi connectivity index (χ0) is 17.6. The molecule has 0 saturated carbocycles. The molecule has 1 aromatic rings. The van der Waals surface area contributed by atoms with Crippen LogP contribution in [0.4, 0.5) is 0 Å². The number of fused-ring (bicyclic) bond motifs is 1. The third kappa shape index (κ3) is 5.03. The highest BCUT2D eigenvalue weighted by Crippen LogP contribution is 2.22. The summed E-state index contributed by atoms with van der Waals surface area (Å²) in [4.78, 5) is 14.6. The number of rotatable bonds is 6. The predicted octanol–water partition coefficient (Wildman–Crippen LogP) is 1.73. The van der Waals surface area contributed by atoms with Crippen LogP contribution in [0.5, 0.6) is 0 Å². The molecule has 5 nitrogen and oxygen atoms in total. The van der Waals surface area contributed by atoms with E-state index in [2.05, 4.69) is 41.4 Å². The molecule has 5 heteroatoms. The first-order valence-corrected chi connectivity index (χ1v) is 9.52. The second-order valence-corrected chi connectivity index (χ2v) is 7.28. The summed E-state index contributed by atoms with van der Waals surface area (Å²) in [5.41, 5.74) is 2.75. The van der Waals surface area contributed by atoms with Crippen molar-refractivity contribution >= 4 is 5.91 Å². The summed E-state index contributed by atoms with van der Waals surface area (Å²) in [6, 6.07) is 8.49. The minimum Gasteiger partial charge on any atom is -0.390 e. The molecular formula is C20H30N2O3. The molecule has 138 valence electrons. The number of hydrogen-bond acceptors (Lipinski definition) is 4. The van der Waals surface area contributed by atoms with Gasteiger partial charge in [-0.05, 0) is 36.8 Å². The maximum Gasteiger partial charge on any atom is 0.223 e. The molecular weight excluding hydrogens is 316 g/mol. The molecule has 1 saturated heterocycles. The molecule has 2 N–H and O–H groups in total. The number of benzene rings is 1. The van der Waals surface area contributed by atoms with Crippen molar-refractivity contribution in [3.63, 3.8) is 0 Å². The van der Waals surface area contributed by atoms with Gasteiger partial charge in [0.15, 0.2) is 0 Å². The van der Waals surface area contributed by atoms with Crippen LogP contribution >= 0.6 is 0 Å². The first kappa shape index (κ1) is 18.4. The van der Waals surface area contributed by atoms with Gasteiger partial charge in [0.25, 0.3) is 0 Å². The molecule has 3 rings (SSSR count). The fourth-order valence-corrected chi connectivity index (χ4v) is 3.84. The molecule has 1 aromatic carbocycles. The fourth-order valence-electron chi connectivity index (χ4n) is 3.84. The maximum absolute atomic E-state index is 12.3. The number of aliphatic hydroxyl groups is 1. The molecule has 0 aromatic heterocycles. The highest BCUT2D eigenvalue weighted by molar-refractivity contribution is 5.78. The highest BCUT2D eigenvalue weighted by atomic mass is 16.5. The van der Waals surface area contributed by atoms with E-state index in [0.717, 1.165) is 38.8 Å². The van der Waals surface area contributed by atoms with E-state index in [0.29, 0.717) is 19.7 Å². The Balaban J connectivity index is 1.41. The van der Waals surface area contributed by atoms with E-state index in [1.165, 1.54) is 11.1 Å². The number of nitrogens with one attached hydrogen (secondary N) is 1. The van der Waals surface area contributed by atoms with Gasteiger partial charge in [0.2, 0.25) is 5.91 Å². The zero-order valence-corrected chi connectivity index (χ0v) is 15.1. The second kappa shape index (κ2) is 8.79. The van der Waals surface area contributed by atoms with Crippen LogP contribution in [0.15, 0.2) is 24.3 Å². The van der Waals surface area contributed by atoms with E-state index in [9.17, 15) is 9.90 Å². The molecule has 2 aliphatic rings. The summed E-state index contributed by atoms with van der Waals surface area (Å²) >= 11 is 0. The van der Waals surface area contributed by atoms with Gasteiger partial charge >= 0.3 is 0 Å². The number of carbonyl (C=O) groups is 1. The SMILES string of the molecule is CC[C@@H]1C[C@H](C(=O)NC[C@H](O)CN2CCc3ccccc3C2)CCO1. The van der Waals surface area contributed by atoms with Crippen LogP contribution in [-0.2, 0) is 22.5 Å². The average Bonchev–Trinajstić information content (AvgIpc) is 2.66. The van der Waals surface area contributed by atoms with E-state index in [1.54, 1.807) is 0 Å². The van der Waals surface area contributed by atoms with Crippen molar-refractivity contribution in [3.05, 3.63) is 35.4 Å². The van der Waals surface area contributed by atoms with E-state index >= 15 is 0 Å². The Labute approximate surface area is 150 Å². The first-order valence-electron chi connectivity index (χ1n) is 9.52. The van der Waals surface area contributed by atoms with Crippen LogP contribution in [-0.4, -0.2) is 54.4 Å². The molecule has 0 spiro atoms. The number of carbonyl (C=O) groups excluding carboxylic acids is 1. The monoisotopic (exact) mass is 346 g/mol. The predicted molar refractivity (Wildman–Crippen MR) is 97.2 cm³/mol. The number of aliphatic hydroxyl groups excluding tert-OH is 1. The third-order valence-corrected chi connectivity index (χ3v) is 5.38. The highest BCUT2D eigenvalue weighted by Gasteiger charge is 2.27. The third-order valence-electron chi connectivity index (χ3n) is 5.38. The number of amides is 1. The lowest BCUT2D eigenvalue weighted by Crippen LogP contribution is -2.44. The summed E-state index contributed by atoms with van der Waals surface area (Å²) in [5.74, 6) is 0.0811. The topological polar surface area (TPSA) is 61.8 Å². The minimum absolute atomic E-state index is 0.0211. The van der Waals surface area contributed by atoms with Gasteiger partial charge in [-0.25, -0.2) is 0 Å². The zero-order valence-electron chi connectivity index (χ0n) is 15.1. The van der Waals surface area contributed by atoms with Gasteiger partial charge < -0.3 is 15.2 Å². The van der Waals surface area contributed by atoms with Gasteiger partial charge in [-0.2, -0.15) is 0 Å². The first-order chi connectivity index (χ1) is 12.2. The van der Waals surface area contributed by atoms with Crippen LogP contribution in [0, 0.1) is 5.92 Å². The molecule has 2 heterocycles. The van der Waals surface area contributed by atoms with Gasteiger partial charge in [0, 0.05) is 38.7 Å². The van der Waals surface area contributed by atoms with Crippen LogP contribution < -0.4 is 5.32 Å².